The van der Waals surface area contributed by atoms with Crippen molar-refractivity contribution < 1.29 is 22.3 Å². The highest BCUT2D eigenvalue weighted by molar-refractivity contribution is 7.89. The molecular weight excluding hydrogens is 287 g/mol. The topological polar surface area (TPSA) is 98.5 Å². The average molecular weight is 304 g/mol. The van der Waals surface area contributed by atoms with Gasteiger partial charge in [-0.25, -0.2) is 13.6 Å². The van der Waals surface area contributed by atoms with E-state index in [9.17, 15) is 17.6 Å². The molecule has 1 amide bonds. The third-order valence-corrected chi connectivity index (χ3v) is 3.52. The summed E-state index contributed by atoms with van der Waals surface area (Å²) in [4.78, 5) is 11.6. The molecule has 3 N–H and O–H groups in total. The van der Waals surface area contributed by atoms with Crippen molar-refractivity contribution in [3.8, 4) is 0 Å². The number of hydrogen-bond acceptors (Lipinski definition) is 4. The number of halogens is 1. The number of nitrogens with one attached hydrogen (secondary N) is 1. The molecule has 1 aromatic rings. The summed E-state index contributed by atoms with van der Waals surface area (Å²) in [5.74, 6) is -0.479. The average Bonchev–Trinajstić information content (AvgIpc) is 2.38. The largest absolute Gasteiger partial charge is 0.380 e. The summed E-state index contributed by atoms with van der Waals surface area (Å²) >= 11 is 0. The Morgan fingerprint density at radius 1 is 1.45 bits per heavy atom. The molecule has 1 rings (SSSR count). The smallest absolute Gasteiger partial charge is 0.251 e. The second kappa shape index (κ2) is 7.32. The molecule has 0 saturated heterocycles. The molecule has 0 fully saturated rings. The number of primary sulfonamides is 1. The van der Waals surface area contributed by atoms with Gasteiger partial charge in [0.2, 0.25) is 10.0 Å². The maximum Gasteiger partial charge on any atom is 0.251 e. The fourth-order valence-electron chi connectivity index (χ4n) is 1.61. The lowest BCUT2D eigenvalue weighted by molar-refractivity contribution is 0.0952. The van der Waals surface area contributed by atoms with Crippen molar-refractivity contribution in [3.05, 3.63) is 29.3 Å². The first-order valence-corrected chi connectivity index (χ1v) is 7.43. The highest BCUT2D eigenvalue weighted by Gasteiger charge is 2.17. The van der Waals surface area contributed by atoms with Gasteiger partial charge in [0.05, 0.1) is 18.2 Å². The Bertz CT molecular complexity index is 575. The van der Waals surface area contributed by atoms with Gasteiger partial charge in [-0.1, -0.05) is 6.07 Å². The lowest BCUT2D eigenvalue weighted by atomic mass is 10.1. The number of sulfonamides is 1. The summed E-state index contributed by atoms with van der Waals surface area (Å²) in [6.45, 7) is -0.287. The molecule has 0 radical (unpaired) electrons. The van der Waals surface area contributed by atoms with Crippen LogP contribution in [0.2, 0.25) is 0 Å². The van der Waals surface area contributed by atoms with Crippen LogP contribution in [0.25, 0.3) is 0 Å². The van der Waals surface area contributed by atoms with Crippen LogP contribution in [0, 0.1) is 0 Å². The molecule has 0 aliphatic carbocycles. The maximum atomic E-state index is 11.9. The minimum atomic E-state index is -3.96. The predicted octanol–water partition coefficient (Wildman–Crippen LogP) is 0.570. The predicted molar refractivity (Wildman–Crippen MR) is 71.5 cm³/mol. The summed E-state index contributed by atoms with van der Waals surface area (Å²) in [5.41, 5.74) is 0.517. The van der Waals surface area contributed by atoms with Crippen LogP contribution >= 0.6 is 0 Å². The van der Waals surface area contributed by atoms with Crippen LogP contribution in [0.15, 0.2) is 23.1 Å². The molecule has 20 heavy (non-hydrogen) atoms. The first-order valence-electron chi connectivity index (χ1n) is 5.89. The van der Waals surface area contributed by atoms with Gasteiger partial charge in [0.15, 0.2) is 0 Å². The van der Waals surface area contributed by atoms with E-state index in [0.29, 0.717) is 5.56 Å². The van der Waals surface area contributed by atoms with E-state index in [1.54, 1.807) is 0 Å². The van der Waals surface area contributed by atoms with E-state index in [1.165, 1.54) is 25.3 Å². The summed E-state index contributed by atoms with van der Waals surface area (Å²) in [7, 11) is -2.54. The second-order valence-electron chi connectivity index (χ2n) is 4.10. The van der Waals surface area contributed by atoms with Gasteiger partial charge in [-0.2, -0.15) is 0 Å². The molecule has 0 bridgehead atoms. The number of benzene rings is 1. The standard InChI is InChI=1S/C12H17FN2O4S/c1-19-8-10-4-3-9(7-11(10)20(14,17)18)12(16)15-6-2-5-13/h3-4,7H,2,5-6,8H2,1H3,(H,15,16)(H2,14,17,18). The van der Waals surface area contributed by atoms with Crippen molar-refractivity contribution in [2.45, 2.75) is 17.9 Å². The first-order chi connectivity index (χ1) is 9.40. The monoisotopic (exact) mass is 304 g/mol. The van der Waals surface area contributed by atoms with Crippen molar-refractivity contribution in [1.29, 1.82) is 0 Å². The lowest BCUT2D eigenvalue weighted by Gasteiger charge is -2.10. The van der Waals surface area contributed by atoms with Crippen molar-refractivity contribution in [2.24, 2.45) is 5.14 Å². The Kier molecular flexibility index (Phi) is 6.05. The lowest BCUT2D eigenvalue weighted by Crippen LogP contribution is -2.25. The van der Waals surface area contributed by atoms with Gasteiger partial charge in [-0.05, 0) is 24.1 Å². The first kappa shape index (κ1) is 16.5. The number of hydrogen-bond donors (Lipinski definition) is 2. The van der Waals surface area contributed by atoms with E-state index >= 15 is 0 Å². The SMILES string of the molecule is COCc1ccc(C(=O)NCCCF)cc1S(N)(=O)=O. The molecule has 0 atom stereocenters. The zero-order valence-electron chi connectivity index (χ0n) is 11.1. The Balaban J connectivity index is 3.03. The van der Waals surface area contributed by atoms with Gasteiger partial charge in [0.25, 0.3) is 5.91 Å². The van der Waals surface area contributed by atoms with E-state index in [0.717, 1.165) is 0 Å². The minimum Gasteiger partial charge on any atom is -0.380 e. The minimum absolute atomic E-state index is 0.0650. The molecule has 8 heteroatoms. The Morgan fingerprint density at radius 3 is 2.70 bits per heavy atom. The number of amides is 1. The van der Waals surface area contributed by atoms with Gasteiger partial charge in [-0.3, -0.25) is 9.18 Å². The number of methoxy groups -OCH3 is 1. The van der Waals surface area contributed by atoms with E-state index in [2.05, 4.69) is 5.32 Å². The van der Waals surface area contributed by atoms with Gasteiger partial charge in [0, 0.05) is 19.2 Å². The van der Waals surface area contributed by atoms with Crippen LogP contribution in [0.4, 0.5) is 4.39 Å². The Labute approximate surface area is 117 Å². The molecule has 0 aromatic heterocycles. The molecule has 0 unspecified atom stereocenters. The molecule has 0 aliphatic rings. The van der Waals surface area contributed by atoms with Crippen LogP contribution < -0.4 is 10.5 Å². The number of rotatable bonds is 7. The molecule has 6 nitrogen and oxygen atoms in total. The van der Waals surface area contributed by atoms with Crippen LogP contribution in [0.1, 0.15) is 22.3 Å². The van der Waals surface area contributed by atoms with Crippen LogP contribution in [0.5, 0.6) is 0 Å². The number of carbonyl (C=O) groups excluding carboxylic acids is 1. The highest BCUT2D eigenvalue weighted by Crippen LogP contribution is 2.17. The van der Waals surface area contributed by atoms with Crippen LogP contribution in [-0.2, 0) is 21.4 Å². The van der Waals surface area contributed by atoms with Crippen molar-refractivity contribution in [3.63, 3.8) is 0 Å². The maximum absolute atomic E-state index is 11.9. The van der Waals surface area contributed by atoms with Crippen molar-refractivity contribution in [1.82, 2.24) is 5.32 Å². The molecule has 112 valence electrons. The molecule has 0 saturated carbocycles. The number of nitrogens with two attached hydrogens (primary N) is 1. The summed E-state index contributed by atoms with van der Waals surface area (Å²) in [6, 6.07) is 4.12. The van der Waals surface area contributed by atoms with E-state index in [4.69, 9.17) is 9.88 Å². The third kappa shape index (κ3) is 4.55. The third-order valence-electron chi connectivity index (χ3n) is 2.53. The van der Waals surface area contributed by atoms with E-state index < -0.39 is 22.6 Å². The molecular formula is C12H17FN2O4S. The van der Waals surface area contributed by atoms with E-state index in [1.807, 2.05) is 0 Å². The highest BCUT2D eigenvalue weighted by atomic mass is 32.2. The molecule has 1 aromatic carbocycles. The van der Waals surface area contributed by atoms with Crippen LogP contribution in [-0.4, -0.2) is 34.7 Å². The Morgan fingerprint density at radius 2 is 2.15 bits per heavy atom. The molecule has 0 aliphatic heterocycles. The summed E-state index contributed by atoms with van der Waals surface area (Å²) in [5, 5.41) is 7.60. The zero-order valence-corrected chi connectivity index (χ0v) is 11.9. The fourth-order valence-corrected chi connectivity index (χ4v) is 2.39. The van der Waals surface area contributed by atoms with Crippen molar-refractivity contribution in [2.75, 3.05) is 20.3 Å². The molecule has 0 spiro atoms. The fraction of sp³-hybridized carbons (Fsp3) is 0.417. The van der Waals surface area contributed by atoms with Gasteiger partial charge < -0.3 is 10.1 Å². The van der Waals surface area contributed by atoms with Crippen LogP contribution in [0.3, 0.4) is 0 Å². The normalized spacial score (nSPS) is 11.3. The number of alkyl halides is 1. The zero-order chi connectivity index (χ0) is 15.2. The second-order valence-corrected chi connectivity index (χ2v) is 5.63. The van der Waals surface area contributed by atoms with E-state index in [-0.39, 0.29) is 30.0 Å². The van der Waals surface area contributed by atoms with Gasteiger partial charge in [-0.15, -0.1) is 0 Å². The summed E-state index contributed by atoms with van der Waals surface area (Å²) < 4.78 is 39.8. The van der Waals surface area contributed by atoms with Gasteiger partial charge in [0.1, 0.15) is 0 Å². The Hall–Kier alpha value is -1.51. The number of carbonyl (C=O) groups is 1. The van der Waals surface area contributed by atoms with Crippen molar-refractivity contribution >= 4 is 15.9 Å². The quantitative estimate of drug-likeness (QED) is 0.719. The summed E-state index contributed by atoms with van der Waals surface area (Å²) in [6.07, 6.45) is 0.204. The molecule has 0 heterocycles. The van der Waals surface area contributed by atoms with Gasteiger partial charge >= 0.3 is 0 Å². The number of ether oxygens (including phenoxy) is 1.